The number of benzene rings is 3. The Bertz CT molecular complexity index is 1670. The van der Waals surface area contributed by atoms with Crippen molar-refractivity contribution in [3.8, 4) is 16.9 Å². The summed E-state index contributed by atoms with van der Waals surface area (Å²) in [7, 11) is 2.12. The molecule has 3 aromatic carbocycles. The molecule has 2 heterocycles. The number of aromatic nitrogens is 2. The molecule has 0 spiro atoms. The van der Waals surface area contributed by atoms with Crippen molar-refractivity contribution in [2.75, 3.05) is 43.6 Å². The number of hydrogen-bond donors (Lipinski definition) is 1. The molecule has 1 amide bonds. The molecule has 1 atom stereocenters. The van der Waals surface area contributed by atoms with E-state index < -0.39 is 11.2 Å². The largest absolute Gasteiger partial charge is 0.611 e. The standard InChI is InChI=1S/C39H48N4O4S/c1-5-7-20-46-21-22-47-36-14-10-30(11-15-36)32-24-31-9-8-19-42(4)38(31)33(25-32)23-29(3)39(44)41-34-12-16-37(17-13-34)48(45)27-35-26-40-28-43(35)18-6-2/h10-17,23-26,28H,5-9,18-22,27H2,1-4H3,(H,41,44)/t48-/m0/s1. The van der Waals surface area contributed by atoms with Crippen LogP contribution in [0, 0.1) is 0 Å². The van der Waals surface area contributed by atoms with Crippen LogP contribution in [0.3, 0.4) is 0 Å². The monoisotopic (exact) mass is 668 g/mol. The zero-order chi connectivity index (χ0) is 33.9. The lowest BCUT2D eigenvalue weighted by molar-refractivity contribution is -0.112. The van der Waals surface area contributed by atoms with Crippen molar-refractivity contribution < 1.29 is 18.8 Å². The molecule has 0 aliphatic carbocycles. The number of nitrogens with one attached hydrogen (secondary N) is 1. The van der Waals surface area contributed by atoms with Crippen molar-refractivity contribution in [3.63, 3.8) is 0 Å². The summed E-state index contributed by atoms with van der Waals surface area (Å²) < 4.78 is 26.6. The molecule has 254 valence electrons. The van der Waals surface area contributed by atoms with Gasteiger partial charge in [-0.1, -0.05) is 32.4 Å². The third-order valence-electron chi connectivity index (χ3n) is 8.51. The highest BCUT2D eigenvalue weighted by molar-refractivity contribution is 7.90. The van der Waals surface area contributed by atoms with Crippen LogP contribution in [0.4, 0.5) is 11.4 Å². The van der Waals surface area contributed by atoms with Gasteiger partial charge in [0.2, 0.25) is 0 Å². The number of fused-ring (bicyclic) bond motifs is 1. The number of carbonyl (C=O) groups excluding carboxylic acids is 1. The van der Waals surface area contributed by atoms with Crippen molar-refractivity contribution in [1.29, 1.82) is 0 Å². The van der Waals surface area contributed by atoms with Crippen LogP contribution in [-0.4, -0.2) is 53.4 Å². The molecule has 1 aromatic heterocycles. The van der Waals surface area contributed by atoms with Crippen molar-refractivity contribution in [3.05, 3.63) is 95.6 Å². The second kappa shape index (κ2) is 17.4. The first-order valence-corrected chi connectivity index (χ1v) is 18.3. The fourth-order valence-corrected chi connectivity index (χ4v) is 7.04. The molecule has 5 rings (SSSR count). The van der Waals surface area contributed by atoms with Crippen molar-refractivity contribution in [1.82, 2.24) is 9.55 Å². The second-order valence-corrected chi connectivity index (χ2v) is 13.8. The summed E-state index contributed by atoms with van der Waals surface area (Å²) in [5.41, 5.74) is 7.91. The maximum atomic E-state index is 13.4. The van der Waals surface area contributed by atoms with Gasteiger partial charge in [-0.15, -0.1) is 0 Å². The number of hydrogen-bond acceptors (Lipinski definition) is 6. The molecular weight excluding hydrogens is 621 g/mol. The molecule has 48 heavy (non-hydrogen) atoms. The number of rotatable bonds is 16. The van der Waals surface area contributed by atoms with E-state index in [1.54, 1.807) is 12.5 Å². The molecule has 4 aromatic rings. The van der Waals surface area contributed by atoms with Gasteiger partial charge in [0.25, 0.3) is 5.91 Å². The van der Waals surface area contributed by atoms with Crippen LogP contribution in [0.15, 0.2) is 83.7 Å². The smallest absolute Gasteiger partial charge is 0.251 e. The first-order valence-electron chi connectivity index (χ1n) is 17.0. The van der Waals surface area contributed by atoms with Crippen molar-refractivity contribution in [2.45, 2.75) is 70.1 Å². The molecule has 8 nitrogen and oxygen atoms in total. The number of anilines is 2. The predicted molar refractivity (Wildman–Crippen MR) is 196 cm³/mol. The highest BCUT2D eigenvalue weighted by Gasteiger charge is 2.20. The topological polar surface area (TPSA) is 91.7 Å². The molecule has 0 fully saturated rings. The first-order chi connectivity index (χ1) is 23.4. The summed E-state index contributed by atoms with van der Waals surface area (Å²) in [6.45, 7) is 9.82. The molecule has 0 radical (unpaired) electrons. The van der Waals surface area contributed by atoms with Crippen LogP contribution < -0.4 is 15.0 Å². The van der Waals surface area contributed by atoms with Gasteiger partial charge in [-0.05, 0) is 121 Å². The van der Waals surface area contributed by atoms with E-state index in [-0.39, 0.29) is 5.91 Å². The lowest BCUT2D eigenvalue weighted by atomic mass is 9.92. The normalized spacial score (nSPS) is 13.7. The van der Waals surface area contributed by atoms with E-state index in [1.165, 1.54) is 11.3 Å². The maximum absolute atomic E-state index is 13.4. The molecular formula is C39H48N4O4S. The predicted octanol–water partition coefficient (Wildman–Crippen LogP) is 7.89. The zero-order valence-electron chi connectivity index (χ0n) is 28.7. The van der Waals surface area contributed by atoms with Crippen LogP contribution in [0.1, 0.15) is 63.3 Å². The molecule has 0 saturated carbocycles. The van der Waals surface area contributed by atoms with E-state index in [2.05, 4.69) is 60.4 Å². The molecule has 0 bridgehead atoms. The number of amides is 1. The van der Waals surface area contributed by atoms with Gasteiger partial charge in [-0.3, -0.25) is 4.79 Å². The summed E-state index contributed by atoms with van der Waals surface area (Å²) in [5, 5.41) is 3.02. The SMILES string of the molecule is CCCCOCCOc1ccc(-c2cc(C=C(C)C(=O)Nc3ccc([S@@+]([O-])Cc4cncn4CCC)cc3)c3c(c2)CCCN3C)cc1. The Hall–Kier alpha value is -4.05. The van der Waals surface area contributed by atoms with Gasteiger partial charge in [-0.2, -0.15) is 0 Å². The zero-order valence-corrected chi connectivity index (χ0v) is 29.5. The van der Waals surface area contributed by atoms with E-state index in [9.17, 15) is 9.35 Å². The Morgan fingerprint density at radius 1 is 1.02 bits per heavy atom. The van der Waals surface area contributed by atoms with Crippen molar-refractivity contribution >= 4 is 34.5 Å². The summed E-state index contributed by atoms with van der Waals surface area (Å²) in [4.78, 5) is 20.6. The highest BCUT2D eigenvalue weighted by Crippen LogP contribution is 2.36. The molecule has 1 aliphatic rings. The van der Waals surface area contributed by atoms with Gasteiger partial charge in [0, 0.05) is 43.7 Å². The lowest BCUT2D eigenvalue weighted by Gasteiger charge is -2.30. The molecule has 0 unspecified atom stereocenters. The third-order valence-corrected chi connectivity index (χ3v) is 9.87. The minimum Gasteiger partial charge on any atom is -0.611 e. The average Bonchev–Trinajstić information content (AvgIpc) is 3.53. The van der Waals surface area contributed by atoms with Crippen molar-refractivity contribution in [2.24, 2.45) is 0 Å². The van der Waals surface area contributed by atoms with Gasteiger partial charge in [0.15, 0.2) is 10.6 Å². The third kappa shape index (κ3) is 9.30. The Morgan fingerprint density at radius 2 is 1.81 bits per heavy atom. The second-order valence-electron chi connectivity index (χ2n) is 12.3. The fraction of sp³-hybridized carbons (Fsp3) is 0.385. The number of imidazole rings is 1. The van der Waals surface area contributed by atoms with Gasteiger partial charge in [0.1, 0.15) is 12.4 Å². The van der Waals surface area contributed by atoms with Crippen LogP contribution in [0.2, 0.25) is 0 Å². The Morgan fingerprint density at radius 3 is 2.56 bits per heavy atom. The first kappa shape index (κ1) is 35.3. The number of ether oxygens (including phenoxy) is 2. The van der Waals surface area contributed by atoms with E-state index in [1.807, 2.05) is 54.0 Å². The Kier molecular flexibility index (Phi) is 12.8. The van der Waals surface area contributed by atoms with Crippen LogP contribution >= 0.6 is 0 Å². The lowest BCUT2D eigenvalue weighted by Crippen LogP contribution is -2.25. The van der Waals surface area contributed by atoms with E-state index in [0.717, 1.165) is 79.9 Å². The fourth-order valence-electron chi connectivity index (χ4n) is 5.93. The van der Waals surface area contributed by atoms with Gasteiger partial charge in [-0.25, -0.2) is 4.98 Å². The van der Waals surface area contributed by atoms with Gasteiger partial charge < -0.3 is 28.8 Å². The van der Waals surface area contributed by atoms with E-state index >= 15 is 0 Å². The van der Waals surface area contributed by atoms with Gasteiger partial charge >= 0.3 is 0 Å². The Labute approximate surface area is 288 Å². The molecule has 1 N–H and O–H groups in total. The number of aryl methyl sites for hydroxylation is 2. The van der Waals surface area contributed by atoms with Gasteiger partial charge in [0.05, 0.1) is 24.8 Å². The highest BCUT2D eigenvalue weighted by atomic mass is 32.2. The minimum atomic E-state index is -1.21. The molecule has 1 aliphatic heterocycles. The summed E-state index contributed by atoms with van der Waals surface area (Å²) >= 11 is -1.21. The number of unbranched alkanes of at least 4 members (excludes halogenated alkanes) is 1. The summed E-state index contributed by atoms with van der Waals surface area (Å²) in [6.07, 6.45) is 10.8. The van der Waals surface area contributed by atoms with Crippen LogP contribution in [-0.2, 0) is 39.4 Å². The molecule has 0 saturated heterocycles. The quantitative estimate of drug-likeness (QED) is 0.0742. The van der Waals surface area contributed by atoms with E-state index in [4.69, 9.17) is 9.47 Å². The average molecular weight is 669 g/mol. The minimum absolute atomic E-state index is 0.176. The number of nitrogens with zero attached hydrogens (tertiary/aromatic N) is 3. The Balaban J connectivity index is 1.27. The van der Waals surface area contributed by atoms with Crippen LogP contribution in [0.25, 0.3) is 17.2 Å². The number of carbonyl (C=O) groups is 1. The van der Waals surface area contributed by atoms with E-state index in [0.29, 0.717) is 35.1 Å². The summed E-state index contributed by atoms with van der Waals surface area (Å²) in [6, 6.07) is 19.9. The maximum Gasteiger partial charge on any atom is 0.251 e. The summed E-state index contributed by atoms with van der Waals surface area (Å²) in [5.74, 6) is 1.05. The molecule has 9 heteroatoms. The van der Waals surface area contributed by atoms with Crippen LogP contribution in [0.5, 0.6) is 5.75 Å².